The van der Waals surface area contributed by atoms with Crippen LogP contribution in [0.4, 0.5) is 0 Å². The zero-order valence-electron chi connectivity index (χ0n) is 14.8. The van der Waals surface area contributed by atoms with Crippen LogP contribution in [0.1, 0.15) is 57.5 Å². The van der Waals surface area contributed by atoms with Gasteiger partial charge in [-0.3, -0.25) is 4.79 Å². The molecule has 0 atom stereocenters. The van der Waals surface area contributed by atoms with Crippen LogP contribution in [-0.4, -0.2) is 24.0 Å². The largest absolute Gasteiger partial charge is 0.362 e. The minimum atomic E-state index is -2.27. The van der Waals surface area contributed by atoms with Crippen molar-refractivity contribution >= 4 is 19.2 Å². The maximum atomic E-state index is 13.0. The number of nitrogens with zero attached hydrogens (tertiary/aromatic N) is 2. The molecule has 0 aliphatic rings. The average Bonchev–Trinajstić information content (AvgIpc) is 2.43. The molecule has 3 nitrogen and oxygen atoms in total. The standard InChI is InChI=1S/C18H28N2OSi/c1-12(2)22(13(3)4,14(5)6)18(20-19)17(21)16-10-8-15(7)9-11-16/h8-14H,1-7H3. The lowest BCUT2D eigenvalue weighted by Gasteiger charge is -2.37. The Balaban J connectivity index is 3.47. The van der Waals surface area contributed by atoms with Crippen molar-refractivity contribution in [1.82, 2.24) is 0 Å². The van der Waals surface area contributed by atoms with E-state index in [1.807, 2.05) is 31.2 Å². The molecule has 0 fully saturated rings. The summed E-state index contributed by atoms with van der Waals surface area (Å²) in [6, 6.07) is 7.49. The second-order valence-corrected chi connectivity index (χ2v) is 12.8. The van der Waals surface area contributed by atoms with Crippen LogP contribution in [0, 0.1) is 6.92 Å². The van der Waals surface area contributed by atoms with Crippen LogP contribution in [0.3, 0.4) is 0 Å². The van der Waals surface area contributed by atoms with Crippen molar-refractivity contribution in [1.29, 1.82) is 0 Å². The van der Waals surface area contributed by atoms with Gasteiger partial charge in [-0.2, -0.15) is 4.79 Å². The first kappa shape index (κ1) is 18.5. The first-order valence-corrected chi connectivity index (χ1v) is 10.3. The van der Waals surface area contributed by atoms with E-state index < -0.39 is 8.07 Å². The van der Waals surface area contributed by atoms with Gasteiger partial charge in [0.25, 0.3) is 5.78 Å². The summed E-state index contributed by atoms with van der Waals surface area (Å²) in [5.41, 5.74) is 12.4. The predicted molar refractivity (Wildman–Crippen MR) is 95.2 cm³/mol. The Morgan fingerprint density at radius 3 is 1.68 bits per heavy atom. The van der Waals surface area contributed by atoms with Crippen molar-refractivity contribution in [3.05, 3.63) is 40.9 Å². The van der Waals surface area contributed by atoms with Crippen LogP contribution in [0.15, 0.2) is 24.3 Å². The molecular weight excluding hydrogens is 288 g/mol. The van der Waals surface area contributed by atoms with E-state index in [1.54, 1.807) is 0 Å². The molecule has 0 spiro atoms. The van der Waals surface area contributed by atoms with E-state index in [4.69, 9.17) is 0 Å². The van der Waals surface area contributed by atoms with Crippen LogP contribution in [-0.2, 0) is 0 Å². The molecule has 1 rings (SSSR count). The van der Waals surface area contributed by atoms with E-state index >= 15 is 0 Å². The van der Waals surface area contributed by atoms with E-state index in [0.717, 1.165) is 5.56 Å². The molecule has 1 aromatic rings. The number of carbonyl (C=O) groups excluding carboxylic acids is 1. The molecule has 0 bridgehead atoms. The summed E-state index contributed by atoms with van der Waals surface area (Å²) >= 11 is 0. The van der Waals surface area contributed by atoms with Crippen LogP contribution in [0.25, 0.3) is 5.53 Å². The molecule has 22 heavy (non-hydrogen) atoms. The van der Waals surface area contributed by atoms with Gasteiger partial charge < -0.3 is 5.53 Å². The second kappa shape index (κ2) is 7.17. The van der Waals surface area contributed by atoms with Crippen molar-refractivity contribution in [3.8, 4) is 0 Å². The zero-order valence-corrected chi connectivity index (χ0v) is 15.8. The molecule has 0 aromatic heterocycles. The van der Waals surface area contributed by atoms with Gasteiger partial charge in [-0.25, -0.2) is 0 Å². The van der Waals surface area contributed by atoms with Gasteiger partial charge in [0.2, 0.25) is 8.07 Å². The maximum absolute atomic E-state index is 13.0. The van der Waals surface area contributed by atoms with Crippen LogP contribution in [0.2, 0.25) is 16.6 Å². The van der Waals surface area contributed by atoms with Crippen molar-refractivity contribution in [2.45, 2.75) is 65.1 Å². The Morgan fingerprint density at radius 2 is 1.36 bits per heavy atom. The number of hydrogen-bond acceptors (Lipinski definition) is 1. The van der Waals surface area contributed by atoms with E-state index in [-0.39, 0.29) is 5.78 Å². The summed E-state index contributed by atoms with van der Waals surface area (Å²) in [6.07, 6.45) is 0. The second-order valence-electron chi connectivity index (χ2n) is 7.04. The van der Waals surface area contributed by atoms with Gasteiger partial charge in [-0.05, 0) is 23.5 Å². The third kappa shape index (κ3) is 3.13. The summed E-state index contributed by atoms with van der Waals surface area (Å²) in [6.45, 7) is 14.9. The molecule has 0 heterocycles. The maximum Gasteiger partial charge on any atom is 0.306 e. The predicted octanol–water partition coefficient (Wildman–Crippen LogP) is 5.07. The van der Waals surface area contributed by atoms with E-state index in [9.17, 15) is 10.3 Å². The number of carbonyl (C=O) groups is 1. The van der Waals surface area contributed by atoms with Gasteiger partial charge in [0.15, 0.2) is 0 Å². The number of rotatable bonds is 6. The van der Waals surface area contributed by atoms with Gasteiger partial charge in [-0.1, -0.05) is 71.4 Å². The van der Waals surface area contributed by atoms with Crippen molar-refractivity contribution in [2.75, 3.05) is 0 Å². The quantitative estimate of drug-likeness (QED) is 0.238. The number of benzene rings is 1. The molecular formula is C18H28N2OSi. The van der Waals surface area contributed by atoms with E-state index in [0.29, 0.717) is 27.5 Å². The topological polar surface area (TPSA) is 53.5 Å². The third-order valence-corrected chi connectivity index (χ3v) is 11.8. The summed E-state index contributed by atoms with van der Waals surface area (Å²) in [7, 11) is -2.27. The Morgan fingerprint density at radius 1 is 0.955 bits per heavy atom. The summed E-state index contributed by atoms with van der Waals surface area (Å²) in [4.78, 5) is 16.5. The average molecular weight is 317 g/mol. The Labute approximate surface area is 135 Å². The molecule has 0 unspecified atom stereocenters. The highest BCUT2D eigenvalue weighted by Gasteiger charge is 2.56. The first-order chi connectivity index (χ1) is 10.2. The minimum Gasteiger partial charge on any atom is -0.362 e. The fourth-order valence-corrected chi connectivity index (χ4v) is 10.3. The van der Waals surface area contributed by atoms with Crippen molar-refractivity contribution in [2.24, 2.45) is 0 Å². The summed E-state index contributed by atoms with van der Waals surface area (Å²) in [5, 5.41) is 0.413. The van der Waals surface area contributed by atoms with Gasteiger partial charge in [-0.15, -0.1) is 0 Å². The number of hydrogen-bond donors (Lipinski definition) is 0. The summed E-state index contributed by atoms with van der Waals surface area (Å²) in [5.74, 6) is -0.120. The van der Waals surface area contributed by atoms with Gasteiger partial charge >= 0.3 is 5.33 Å². The van der Waals surface area contributed by atoms with E-state index in [1.165, 1.54) is 0 Å². The highest BCUT2D eigenvalue weighted by atomic mass is 28.3. The molecule has 0 amide bonds. The van der Waals surface area contributed by atoms with Gasteiger partial charge in [0, 0.05) is 5.56 Å². The van der Waals surface area contributed by atoms with Crippen molar-refractivity contribution < 1.29 is 9.58 Å². The highest BCUT2D eigenvalue weighted by Crippen LogP contribution is 2.42. The molecule has 4 heteroatoms. The first-order valence-electron chi connectivity index (χ1n) is 8.03. The number of aryl methyl sites for hydroxylation is 1. The van der Waals surface area contributed by atoms with Crippen LogP contribution in [0.5, 0.6) is 0 Å². The van der Waals surface area contributed by atoms with E-state index in [2.05, 4.69) is 46.3 Å². The minimum absolute atomic E-state index is 0.120. The molecule has 0 N–H and O–H groups in total. The Kier molecular flexibility index (Phi) is 6.04. The fourth-order valence-electron chi connectivity index (χ4n) is 3.99. The monoisotopic (exact) mass is 316 g/mol. The normalized spacial score (nSPS) is 11.9. The lowest BCUT2D eigenvalue weighted by atomic mass is 10.1. The molecule has 0 saturated carbocycles. The summed E-state index contributed by atoms with van der Waals surface area (Å²) < 4.78 is 0. The molecule has 0 radical (unpaired) electrons. The number of Topliss-reactive ketones (excluding diaryl/α,β-unsaturated/α-hetero) is 1. The van der Waals surface area contributed by atoms with Crippen molar-refractivity contribution in [3.63, 3.8) is 0 Å². The zero-order chi connectivity index (χ0) is 17.1. The number of ketones is 1. The SMILES string of the molecule is Cc1ccc(C(=O)C(=[N+]=[N-])[Si](C(C)C)(C(C)C)C(C)C)cc1. The van der Waals surface area contributed by atoms with Crippen LogP contribution < -0.4 is 0 Å². The lowest BCUT2D eigenvalue weighted by molar-refractivity contribution is -0.00296. The van der Waals surface area contributed by atoms with Gasteiger partial charge in [0.1, 0.15) is 0 Å². The van der Waals surface area contributed by atoms with Crippen LogP contribution >= 0.6 is 0 Å². The lowest BCUT2D eigenvalue weighted by Crippen LogP contribution is -2.56. The fraction of sp³-hybridized carbons (Fsp3) is 0.556. The smallest absolute Gasteiger partial charge is 0.306 e. The molecule has 1 aromatic carbocycles. The molecule has 0 saturated heterocycles. The highest BCUT2D eigenvalue weighted by molar-refractivity contribution is 7.16. The molecule has 0 aliphatic carbocycles. The molecule has 120 valence electrons. The Bertz CT molecular complexity index is 560. The molecule has 0 aliphatic heterocycles. The van der Waals surface area contributed by atoms with Gasteiger partial charge in [0.05, 0.1) is 0 Å². The Hall–Kier alpha value is -1.51. The third-order valence-electron chi connectivity index (χ3n) is 4.91.